The van der Waals surface area contributed by atoms with Gasteiger partial charge < -0.3 is 20.1 Å². The highest BCUT2D eigenvalue weighted by Crippen LogP contribution is 2.23. The Morgan fingerprint density at radius 1 is 0.966 bits per heavy atom. The van der Waals surface area contributed by atoms with Crippen LogP contribution in [0.4, 0.5) is 5.69 Å². The second-order valence-electron chi connectivity index (χ2n) is 6.84. The van der Waals surface area contributed by atoms with Crippen molar-refractivity contribution in [1.82, 2.24) is 5.32 Å². The molecule has 154 valence electrons. The number of hydrogen-bond donors (Lipinski definition) is 2. The van der Waals surface area contributed by atoms with Crippen molar-refractivity contribution in [3.05, 3.63) is 59.7 Å². The lowest BCUT2D eigenvalue weighted by Crippen LogP contribution is -2.45. The largest absolute Gasteiger partial charge is 0.496 e. The van der Waals surface area contributed by atoms with Gasteiger partial charge in [-0.05, 0) is 39.0 Å². The van der Waals surface area contributed by atoms with Crippen LogP contribution >= 0.6 is 0 Å². The van der Waals surface area contributed by atoms with Gasteiger partial charge in [-0.2, -0.15) is 0 Å². The van der Waals surface area contributed by atoms with E-state index < -0.39 is 23.2 Å². The number of anilines is 1. The molecule has 0 saturated heterocycles. The average Bonchev–Trinajstić information content (AvgIpc) is 2.72. The lowest BCUT2D eigenvalue weighted by atomic mass is 9.90. The number of amides is 2. The van der Waals surface area contributed by atoms with Crippen LogP contribution in [0.1, 0.15) is 36.7 Å². The van der Waals surface area contributed by atoms with Crippen LogP contribution in [0.5, 0.6) is 5.75 Å². The molecule has 0 bridgehead atoms. The molecule has 2 aromatic rings. The molecule has 0 unspecified atom stereocenters. The zero-order chi connectivity index (χ0) is 21.4. The maximum absolute atomic E-state index is 12.8. The highest BCUT2D eigenvalue weighted by Gasteiger charge is 2.36. The van der Waals surface area contributed by atoms with E-state index in [0.717, 1.165) is 5.56 Å². The SMILES string of the molecule is CCOC(=O)c1ccccc1NC(=O)C(C)(C)C(=O)NCc1ccccc1OC. The van der Waals surface area contributed by atoms with E-state index in [1.54, 1.807) is 44.4 Å². The van der Waals surface area contributed by atoms with Gasteiger partial charge in [0.15, 0.2) is 0 Å². The first-order valence-corrected chi connectivity index (χ1v) is 9.29. The van der Waals surface area contributed by atoms with Gasteiger partial charge in [-0.1, -0.05) is 30.3 Å². The van der Waals surface area contributed by atoms with Crippen LogP contribution in [-0.4, -0.2) is 31.5 Å². The van der Waals surface area contributed by atoms with E-state index in [9.17, 15) is 14.4 Å². The third-order valence-corrected chi connectivity index (χ3v) is 4.44. The van der Waals surface area contributed by atoms with E-state index in [1.165, 1.54) is 13.8 Å². The molecule has 2 aromatic carbocycles. The summed E-state index contributed by atoms with van der Waals surface area (Å²) in [5, 5.41) is 5.43. The molecule has 0 saturated carbocycles. The molecular weight excluding hydrogens is 372 g/mol. The number of methoxy groups -OCH3 is 1. The maximum Gasteiger partial charge on any atom is 0.340 e. The minimum atomic E-state index is -1.37. The Labute approximate surface area is 170 Å². The summed E-state index contributed by atoms with van der Waals surface area (Å²) < 4.78 is 10.3. The number of carbonyl (C=O) groups excluding carboxylic acids is 3. The molecule has 2 N–H and O–H groups in total. The molecule has 0 atom stereocenters. The Morgan fingerprint density at radius 3 is 2.31 bits per heavy atom. The summed E-state index contributed by atoms with van der Waals surface area (Å²) in [7, 11) is 1.55. The number of hydrogen-bond acceptors (Lipinski definition) is 5. The molecule has 0 spiro atoms. The van der Waals surface area contributed by atoms with Gasteiger partial charge in [-0.25, -0.2) is 4.79 Å². The van der Waals surface area contributed by atoms with Gasteiger partial charge >= 0.3 is 5.97 Å². The maximum atomic E-state index is 12.8. The van der Waals surface area contributed by atoms with Crippen molar-refractivity contribution in [1.29, 1.82) is 0 Å². The number of carbonyl (C=O) groups is 3. The minimum absolute atomic E-state index is 0.220. The van der Waals surface area contributed by atoms with E-state index in [1.807, 2.05) is 18.2 Å². The first-order valence-electron chi connectivity index (χ1n) is 9.29. The third-order valence-electron chi connectivity index (χ3n) is 4.44. The molecule has 0 aromatic heterocycles. The fourth-order valence-electron chi connectivity index (χ4n) is 2.61. The van der Waals surface area contributed by atoms with Crippen LogP contribution < -0.4 is 15.4 Å². The van der Waals surface area contributed by atoms with Crippen LogP contribution in [0.3, 0.4) is 0 Å². The summed E-state index contributed by atoms with van der Waals surface area (Å²) in [6, 6.07) is 13.8. The van der Waals surface area contributed by atoms with E-state index in [0.29, 0.717) is 11.4 Å². The second kappa shape index (κ2) is 9.73. The number of benzene rings is 2. The first kappa shape index (κ1) is 21.9. The van der Waals surface area contributed by atoms with Crippen LogP contribution in [0, 0.1) is 5.41 Å². The monoisotopic (exact) mass is 398 g/mol. The van der Waals surface area contributed by atoms with Crippen molar-refractivity contribution in [3.8, 4) is 5.75 Å². The van der Waals surface area contributed by atoms with Crippen molar-refractivity contribution >= 4 is 23.5 Å². The molecule has 0 aliphatic heterocycles. The molecule has 0 radical (unpaired) electrons. The summed E-state index contributed by atoms with van der Waals surface area (Å²) in [6.07, 6.45) is 0. The standard InChI is InChI=1S/C22H26N2O5/c1-5-29-19(25)16-11-7-8-12-17(16)24-21(27)22(2,3)20(26)23-14-15-10-6-9-13-18(15)28-4/h6-13H,5,14H2,1-4H3,(H,23,26)(H,24,27). The summed E-state index contributed by atoms with van der Waals surface area (Å²) >= 11 is 0. The summed E-state index contributed by atoms with van der Waals surface area (Å²) in [4.78, 5) is 37.6. The molecule has 0 fully saturated rings. The normalized spacial score (nSPS) is 10.8. The van der Waals surface area contributed by atoms with Gasteiger partial charge in [0, 0.05) is 12.1 Å². The fraction of sp³-hybridized carbons (Fsp3) is 0.318. The van der Waals surface area contributed by atoms with Crippen LogP contribution in [0.2, 0.25) is 0 Å². The van der Waals surface area contributed by atoms with Crippen LogP contribution in [-0.2, 0) is 20.9 Å². The number of para-hydroxylation sites is 2. The van der Waals surface area contributed by atoms with Crippen molar-refractivity contribution in [2.75, 3.05) is 19.0 Å². The minimum Gasteiger partial charge on any atom is -0.496 e. The number of esters is 1. The molecule has 7 nitrogen and oxygen atoms in total. The molecule has 2 rings (SSSR count). The first-order chi connectivity index (χ1) is 13.8. The topological polar surface area (TPSA) is 93.7 Å². The third kappa shape index (κ3) is 5.34. The van der Waals surface area contributed by atoms with Crippen molar-refractivity contribution in [2.24, 2.45) is 5.41 Å². The Kier molecular flexibility index (Phi) is 7.36. The Hall–Kier alpha value is -3.35. The van der Waals surface area contributed by atoms with Gasteiger partial charge in [0.25, 0.3) is 0 Å². The van der Waals surface area contributed by atoms with Crippen LogP contribution in [0.25, 0.3) is 0 Å². The quantitative estimate of drug-likeness (QED) is 0.526. The molecule has 29 heavy (non-hydrogen) atoms. The lowest BCUT2D eigenvalue weighted by molar-refractivity contribution is -0.138. The number of nitrogens with one attached hydrogen (secondary N) is 2. The van der Waals surface area contributed by atoms with E-state index in [2.05, 4.69) is 10.6 Å². The second-order valence-corrected chi connectivity index (χ2v) is 6.84. The summed E-state index contributed by atoms with van der Waals surface area (Å²) in [5.41, 5.74) is -0.0502. The van der Waals surface area contributed by atoms with Gasteiger partial charge in [0.1, 0.15) is 11.2 Å². The number of rotatable bonds is 8. The molecule has 7 heteroatoms. The zero-order valence-corrected chi connectivity index (χ0v) is 17.1. The van der Waals surface area contributed by atoms with Crippen molar-refractivity contribution in [2.45, 2.75) is 27.3 Å². The van der Waals surface area contributed by atoms with Crippen molar-refractivity contribution in [3.63, 3.8) is 0 Å². The average molecular weight is 398 g/mol. The van der Waals surface area contributed by atoms with Gasteiger partial charge in [-0.15, -0.1) is 0 Å². The van der Waals surface area contributed by atoms with Gasteiger partial charge in [-0.3, -0.25) is 9.59 Å². The van der Waals surface area contributed by atoms with E-state index in [4.69, 9.17) is 9.47 Å². The summed E-state index contributed by atoms with van der Waals surface area (Å²) in [6.45, 7) is 5.19. The Bertz CT molecular complexity index is 892. The van der Waals surface area contributed by atoms with Crippen LogP contribution in [0.15, 0.2) is 48.5 Å². The highest BCUT2D eigenvalue weighted by molar-refractivity contribution is 6.11. The molecular formula is C22H26N2O5. The smallest absolute Gasteiger partial charge is 0.340 e. The van der Waals surface area contributed by atoms with E-state index in [-0.39, 0.29) is 18.7 Å². The molecule has 0 aliphatic rings. The number of ether oxygens (including phenoxy) is 2. The van der Waals surface area contributed by atoms with Crippen molar-refractivity contribution < 1.29 is 23.9 Å². The lowest BCUT2D eigenvalue weighted by Gasteiger charge is -2.23. The molecule has 0 heterocycles. The van der Waals surface area contributed by atoms with Gasteiger partial charge in [0.05, 0.1) is 25.0 Å². The highest BCUT2D eigenvalue weighted by atomic mass is 16.5. The molecule has 2 amide bonds. The Morgan fingerprint density at radius 2 is 1.62 bits per heavy atom. The van der Waals surface area contributed by atoms with Gasteiger partial charge in [0.2, 0.25) is 11.8 Å². The summed E-state index contributed by atoms with van der Waals surface area (Å²) in [5.74, 6) is -0.874. The Balaban J connectivity index is 2.10. The fourth-order valence-corrected chi connectivity index (χ4v) is 2.61. The zero-order valence-electron chi connectivity index (χ0n) is 17.1. The molecule has 0 aliphatic carbocycles. The predicted octanol–water partition coefficient (Wildman–Crippen LogP) is 3.15. The predicted molar refractivity (Wildman–Crippen MR) is 110 cm³/mol. The van der Waals surface area contributed by atoms with E-state index >= 15 is 0 Å².